The number of hydrogen-bond acceptors (Lipinski definition) is 5. The molecule has 22 heavy (non-hydrogen) atoms. The second-order valence-corrected chi connectivity index (χ2v) is 8.90. The monoisotopic (exact) mass is 370 g/mol. The fraction of sp³-hybridized carbons (Fsp3) is 0.0714. The zero-order valence-electron chi connectivity index (χ0n) is 11.2. The Balaban J connectivity index is 1.83. The van der Waals surface area contributed by atoms with Gasteiger partial charge in [-0.3, -0.25) is 4.98 Å². The molecule has 8 heteroatoms. The molecule has 0 fully saturated rings. The summed E-state index contributed by atoms with van der Waals surface area (Å²) in [5.41, 5.74) is 2.60. The van der Waals surface area contributed by atoms with Crippen LogP contribution in [0.25, 0.3) is 11.3 Å². The van der Waals surface area contributed by atoms with Gasteiger partial charge in [0.25, 0.3) is 0 Å². The van der Waals surface area contributed by atoms with Crippen LogP contribution in [-0.4, -0.2) is 13.4 Å². The minimum atomic E-state index is -3.56. The molecule has 4 nitrogen and oxygen atoms in total. The third-order valence-electron chi connectivity index (χ3n) is 2.95. The van der Waals surface area contributed by atoms with Crippen molar-refractivity contribution in [2.45, 2.75) is 10.8 Å². The number of sulfonamides is 1. The van der Waals surface area contributed by atoms with Gasteiger partial charge in [0.2, 0.25) is 10.0 Å². The van der Waals surface area contributed by atoms with Gasteiger partial charge in [-0.05, 0) is 35.2 Å². The number of hydrogen-bond donors (Lipinski definition) is 1. The third-order valence-corrected chi connectivity index (χ3v) is 6.76. The largest absolute Gasteiger partial charge is 0.256 e. The molecular formula is C14H11ClN2O2S3. The van der Waals surface area contributed by atoms with Crippen LogP contribution < -0.4 is 4.72 Å². The molecule has 3 aromatic heterocycles. The Labute approximate surface area is 141 Å². The smallest absolute Gasteiger partial charge is 0.250 e. The van der Waals surface area contributed by atoms with Gasteiger partial charge >= 0.3 is 0 Å². The van der Waals surface area contributed by atoms with Crippen molar-refractivity contribution in [1.29, 1.82) is 0 Å². The van der Waals surface area contributed by atoms with Gasteiger partial charge in [-0.15, -0.1) is 11.3 Å². The highest BCUT2D eigenvalue weighted by Crippen LogP contribution is 2.27. The zero-order chi connectivity index (χ0) is 15.6. The lowest BCUT2D eigenvalue weighted by molar-refractivity contribution is 0.583. The molecule has 0 aliphatic rings. The van der Waals surface area contributed by atoms with Crippen molar-refractivity contribution in [2.24, 2.45) is 0 Å². The van der Waals surface area contributed by atoms with Crippen molar-refractivity contribution in [3.63, 3.8) is 0 Å². The van der Waals surface area contributed by atoms with E-state index < -0.39 is 10.0 Å². The highest BCUT2D eigenvalue weighted by Gasteiger charge is 2.17. The first-order chi connectivity index (χ1) is 10.6. The summed E-state index contributed by atoms with van der Waals surface area (Å²) >= 11 is 8.40. The topological polar surface area (TPSA) is 59.1 Å². The summed E-state index contributed by atoms with van der Waals surface area (Å²) in [5.74, 6) is 0. The van der Waals surface area contributed by atoms with Gasteiger partial charge in [0.15, 0.2) is 0 Å². The van der Waals surface area contributed by atoms with Crippen LogP contribution >= 0.6 is 34.3 Å². The molecule has 0 aliphatic heterocycles. The molecule has 0 atom stereocenters. The molecule has 0 aliphatic carbocycles. The van der Waals surface area contributed by atoms with Gasteiger partial charge in [0.1, 0.15) is 4.21 Å². The second-order valence-electron chi connectivity index (χ2n) is 4.41. The first-order valence-electron chi connectivity index (χ1n) is 6.28. The second kappa shape index (κ2) is 6.47. The number of rotatable bonds is 5. The van der Waals surface area contributed by atoms with Crippen molar-refractivity contribution >= 4 is 44.3 Å². The van der Waals surface area contributed by atoms with Crippen molar-refractivity contribution in [2.75, 3.05) is 0 Å². The summed E-state index contributed by atoms with van der Waals surface area (Å²) in [4.78, 5) is 4.35. The van der Waals surface area contributed by atoms with Crippen LogP contribution in [0.2, 0.25) is 4.34 Å². The molecule has 0 aromatic carbocycles. The summed E-state index contributed by atoms with van der Waals surface area (Å²) in [7, 11) is -3.56. The van der Waals surface area contributed by atoms with Gasteiger partial charge in [-0.25, -0.2) is 13.1 Å². The molecule has 0 amide bonds. The van der Waals surface area contributed by atoms with E-state index in [1.165, 1.54) is 6.07 Å². The van der Waals surface area contributed by atoms with Gasteiger partial charge < -0.3 is 0 Å². The Hall–Kier alpha value is -1.25. The molecule has 0 spiro atoms. The molecule has 3 heterocycles. The third kappa shape index (κ3) is 3.39. The minimum Gasteiger partial charge on any atom is -0.256 e. The SMILES string of the molecule is O=S(=O)(NCc1cccnc1-c1ccsc1)c1ccc(Cl)s1. The van der Waals surface area contributed by atoms with Crippen LogP contribution in [0, 0.1) is 0 Å². The van der Waals surface area contributed by atoms with Crippen LogP contribution in [0.3, 0.4) is 0 Å². The van der Waals surface area contributed by atoms with E-state index in [1.54, 1.807) is 29.7 Å². The van der Waals surface area contributed by atoms with Gasteiger partial charge in [0.05, 0.1) is 10.0 Å². The fourth-order valence-corrected chi connectivity index (χ4v) is 5.10. The van der Waals surface area contributed by atoms with Gasteiger partial charge in [0, 0.05) is 23.7 Å². The van der Waals surface area contributed by atoms with Crippen LogP contribution in [-0.2, 0) is 16.6 Å². The van der Waals surface area contributed by atoms with Gasteiger partial charge in [-0.1, -0.05) is 17.7 Å². The quantitative estimate of drug-likeness (QED) is 0.738. The van der Waals surface area contributed by atoms with E-state index in [1.807, 2.05) is 22.9 Å². The molecule has 0 bridgehead atoms. The van der Waals surface area contributed by atoms with Crippen LogP contribution in [0.4, 0.5) is 0 Å². The maximum Gasteiger partial charge on any atom is 0.250 e. The summed E-state index contributed by atoms with van der Waals surface area (Å²) in [6.45, 7) is 0.177. The molecular weight excluding hydrogens is 360 g/mol. The Kier molecular flexibility index (Phi) is 4.60. The number of halogens is 1. The number of nitrogens with one attached hydrogen (secondary N) is 1. The average Bonchev–Trinajstić information content (AvgIpc) is 3.17. The Bertz CT molecular complexity index is 873. The van der Waals surface area contributed by atoms with E-state index in [4.69, 9.17) is 11.6 Å². The first-order valence-corrected chi connectivity index (χ1v) is 9.90. The zero-order valence-corrected chi connectivity index (χ0v) is 14.4. The van der Waals surface area contributed by atoms with E-state index in [-0.39, 0.29) is 10.8 Å². The molecule has 0 saturated heterocycles. The highest BCUT2D eigenvalue weighted by molar-refractivity contribution is 7.91. The van der Waals surface area contributed by atoms with Gasteiger partial charge in [-0.2, -0.15) is 11.3 Å². The molecule has 0 unspecified atom stereocenters. The Morgan fingerprint density at radius 3 is 2.77 bits per heavy atom. The number of aromatic nitrogens is 1. The van der Waals surface area contributed by atoms with E-state index in [0.717, 1.165) is 28.2 Å². The predicted molar refractivity (Wildman–Crippen MR) is 90.9 cm³/mol. The summed E-state index contributed by atoms with van der Waals surface area (Å²) in [6, 6.07) is 8.69. The molecule has 114 valence electrons. The summed E-state index contributed by atoms with van der Waals surface area (Å²) < 4.78 is 27.7. The lowest BCUT2D eigenvalue weighted by Gasteiger charge is -2.08. The lowest BCUT2D eigenvalue weighted by Crippen LogP contribution is -2.22. The number of nitrogens with zero attached hydrogens (tertiary/aromatic N) is 1. The van der Waals surface area contributed by atoms with Crippen LogP contribution in [0.5, 0.6) is 0 Å². The van der Waals surface area contributed by atoms with Crippen molar-refractivity contribution in [3.05, 3.63) is 57.2 Å². The number of pyridine rings is 1. The standard InChI is InChI=1S/C14H11ClN2O2S3/c15-12-3-4-13(21-12)22(18,19)17-8-10-2-1-6-16-14(10)11-5-7-20-9-11/h1-7,9,17H,8H2. The summed E-state index contributed by atoms with van der Waals surface area (Å²) in [6.07, 6.45) is 1.70. The van der Waals surface area contributed by atoms with E-state index >= 15 is 0 Å². The van der Waals surface area contributed by atoms with Crippen LogP contribution in [0.15, 0.2) is 51.5 Å². The molecule has 3 aromatic rings. The normalized spacial score (nSPS) is 11.7. The molecule has 3 rings (SSSR count). The highest BCUT2D eigenvalue weighted by atomic mass is 35.5. The summed E-state index contributed by atoms with van der Waals surface area (Å²) in [5, 5.41) is 3.95. The number of thiophene rings is 2. The molecule has 1 N–H and O–H groups in total. The fourth-order valence-electron chi connectivity index (χ4n) is 1.93. The van der Waals surface area contributed by atoms with Crippen molar-refractivity contribution < 1.29 is 8.42 Å². The lowest BCUT2D eigenvalue weighted by atomic mass is 10.1. The van der Waals surface area contributed by atoms with Crippen molar-refractivity contribution in [3.8, 4) is 11.3 Å². The van der Waals surface area contributed by atoms with Crippen LogP contribution in [0.1, 0.15) is 5.56 Å². The molecule has 0 saturated carbocycles. The predicted octanol–water partition coefficient (Wildman–Crippen LogP) is 4.00. The first kappa shape index (κ1) is 15.6. The van der Waals surface area contributed by atoms with E-state index in [0.29, 0.717) is 4.34 Å². The maximum atomic E-state index is 12.2. The van der Waals surface area contributed by atoms with E-state index in [2.05, 4.69) is 9.71 Å². The minimum absolute atomic E-state index is 0.177. The Morgan fingerprint density at radius 1 is 1.23 bits per heavy atom. The van der Waals surface area contributed by atoms with E-state index in [9.17, 15) is 8.42 Å². The molecule has 0 radical (unpaired) electrons. The maximum absolute atomic E-state index is 12.2. The Morgan fingerprint density at radius 2 is 2.09 bits per heavy atom. The average molecular weight is 371 g/mol. The van der Waals surface area contributed by atoms with Crippen molar-refractivity contribution in [1.82, 2.24) is 9.71 Å².